The third-order valence-electron chi connectivity index (χ3n) is 3.04. The molecule has 0 amide bonds. The van der Waals surface area contributed by atoms with Crippen molar-refractivity contribution in [3.63, 3.8) is 0 Å². The van der Waals surface area contributed by atoms with E-state index < -0.39 is 0 Å². The number of hydrazine groups is 1. The Hall–Kier alpha value is -1.42. The van der Waals surface area contributed by atoms with E-state index in [1.807, 2.05) is 18.2 Å². The van der Waals surface area contributed by atoms with Gasteiger partial charge >= 0.3 is 0 Å². The summed E-state index contributed by atoms with van der Waals surface area (Å²) >= 11 is 5.78. The summed E-state index contributed by atoms with van der Waals surface area (Å²) in [6, 6.07) is 12.0. The van der Waals surface area contributed by atoms with E-state index in [2.05, 4.69) is 29.5 Å². The quantitative estimate of drug-likeness (QED) is 0.506. The maximum atomic E-state index is 5.78. The van der Waals surface area contributed by atoms with Crippen molar-refractivity contribution < 1.29 is 0 Å². The predicted octanol–water partition coefficient (Wildman–Crippen LogP) is 2.79. The Kier molecular flexibility index (Phi) is 4.31. The Labute approximate surface area is 112 Å². The molecular formula is C14H16ClN3. The average molecular weight is 262 g/mol. The molecule has 94 valence electrons. The molecule has 18 heavy (non-hydrogen) atoms. The standard InChI is InChI=1S/C14H16ClN3/c1-10-4-2-3-5-11(10)8-13(18-16)12-6-7-14(15)17-9-12/h2-7,9,13,18H,8,16H2,1H3. The zero-order valence-corrected chi connectivity index (χ0v) is 11.0. The fourth-order valence-corrected chi connectivity index (χ4v) is 2.04. The summed E-state index contributed by atoms with van der Waals surface area (Å²) in [5, 5.41) is 0.491. The molecule has 0 saturated carbocycles. The van der Waals surface area contributed by atoms with Crippen LogP contribution in [0.15, 0.2) is 42.6 Å². The number of nitrogens with one attached hydrogen (secondary N) is 1. The van der Waals surface area contributed by atoms with Gasteiger partial charge in [0.25, 0.3) is 0 Å². The zero-order chi connectivity index (χ0) is 13.0. The van der Waals surface area contributed by atoms with Crippen LogP contribution in [0.2, 0.25) is 5.15 Å². The van der Waals surface area contributed by atoms with E-state index in [1.54, 1.807) is 12.3 Å². The minimum absolute atomic E-state index is 0.0378. The molecule has 0 saturated heterocycles. The van der Waals surface area contributed by atoms with E-state index in [-0.39, 0.29) is 6.04 Å². The van der Waals surface area contributed by atoms with Gasteiger partial charge in [0.2, 0.25) is 0 Å². The van der Waals surface area contributed by atoms with Crippen LogP contribution in [0.4, 0.5) is 0 Å². The lowest BCUT2D eigenvalue weighted by molar-refractivity contribution is 0.549. The molecule has 2 aromatic rings. The van der Waals surface area contributed by atoms with E-state index >= 15 is 0 Å². The molecule has 1 aromatic carbocycles. The monoisotopic (exact) mass is 261 g/mol. The molecule has 0 aliphatic rings. The molecule has 3 nitrogen and oxygen atoms in total. The fraction of sp³-hybridized carbons (Fsp3) is 0.214. The molecule has 0 bridgehead atoms. The number of pyridine rings is 1. The molecular weight excluding hydrogens is 246 g/mol. The van der Waals surface area contributed by atoms with E-state index in [0.29, 0.717) is 5.15 Å². The third kappa shape index (κ3) is 3.07. The molecule has 1 unspecified atom stereocenters. The van der Waals surface area contributed by atoms with Gasteiger partial charge in [0.15, 0.2) is 0 Å². The SMILES string of the molecule is Cc1ccccc1CC(NN)c1ccc(Cl)nc1. The second-order valence-electron chi connectivity index (χ2n) is 4.26. The number of nitrogens with zero attached hydrogens (tertiary/aromatic N) is 1. The summed E-state index contributed by atoms with van der Waals surface area (Å²) in [6.45, 7) is 2.10. The number of aryl methyl sites for hydroxylation is 1. The number of nitrogens with two attached hydrogens (primary N) is 1. The minimum atomic E-state index is 0.0378. The van der Waals surface area contributed by atoms with Crippen LogP contribution in [0.1, 0.15) is 22.7 Å². The van der Waals surface area contributed by atoms with Gasteiger partial charge in [-0.25, -0.2) is 4.98 Å². The molecule has 1 aromatic heterocycles. The molecule has 0 aliphatic heterocycles. The van der Waals surface area contributed by atoms with Crippen LogP contribution >= 0.6 is 11.6 Å². The van der Waals surface area contributed by atoms with E-state index in [9.17, 15) is 0 Å². The Morgan fingerprint density at radius 1 is 1.28 bits per heavy atom. The minimum Gasteiger partial charge on any atom is -0.271 e. The average Bonchev–Trinajstić information content (AvgIpc) is 2.39. The molecule has 1 atom stereocenters. The number of hydrogen-bond donors (Lipinski definition) is 2. The Bertz CT molecular complexity index is 511. The highest BCUT2D eigenvalue weighted by Gasteiger charge is 2.12. The van der Waals surface area contributed by atoms with Gasteiger partial charge in [0, 0.05) is 6.20 Å². The first kappa shape index (κ1) is 13.0. The molecule has 2 rings (SSSR count). The zero-order valence-electron chi connectivity index (χ0n) is 10.2. The van der Waals surface area contributed by atoms with Crippen LogP contribution in [0.3, 0.4) is 0 Å². The molecule has 1 heterocycles. The van der Waals surface area contributed by atoms with E-state index in [4.69, 9.17) is 17.4 Å². The summed E-state index contributed by atoms with van der Waals surface area (Å²) in [6.07, 6.45) is 2.58. The van der Waals surface area contributed by atoms with Gasteiger partial charge in [-0.1, -0.05) is 41.9 Å². The summed E-state index contributed by atoms with van der Waals surface area (Å²) in [5.74, 6) is 5.63. The largest absolute Gasteiger partial charge is 0.271 e. The summed E-state index contributed by atoms with van der Waals surface area (Å²) in [7, 11) is 0. The van der Waals surface area contributed by atoms with Crippen LogP contribution in [-0.4, -0.2) is 4.98 Å². The van der Waals surface area contributed by atoms with Gasteiger partial charge < -0.3 is 0 Å². The van der Waals surface area contributed by atoms with Crippen LogP contribution in [-0.2, 0) is 6.42 Å². The van der Waals surface area contributed by atoms with Gasteiger partial charge in [-0.3, -0.25) is 11.3 Å². The van der Waals surface area contributed by atoms with E-state index in [0.717, 1.165) is 12.0 Å². The van der Waals surface area contributed by atoms with Crippen LogP contribution < -0.4 is 11.3 Å². The van der Waals surface area contributed by atoms with Gasteiger partial charge in [0.05, 0.1) is 6.04 Å². The van der Waals surface area contributed by atoms with Crippen LogP contribution in [0.25, 0.3) is 0 Å². The number of aromatic nitrogens is 1. The first-order valence-electron chi connectivity index (χ1n) is 5.83. The van der Waals surface area contributed by atoms with Crippen LogP contribution in [0.5, 0.6) is 0 Å². The summed E-state index contributed by atoms with van der Waals surface area (Å²) in [5.41, 5.74) is 6.40. The molecule has 0 fully saturated rings. The smallest absolute Gasteiger partial charge is 0.129 e. The van der Waals surface area contributed by atoms with Crippen molar-refractivity contribution in [2.24, 2.45) is 5.84 Å². The number of halogens is 1. The number of rotatable bonds is 4. The normalized spacial score (nSPS) is 12.4. The Morgan fingerprint density at radius 2 is 2.06 bits per heavy atom. The second kappa shape index (κ2) is 5.96. The van der Waals surface area contributed by atoms with Crippen LogP contribution in [0, 0.1) is 6.92 Å². The van der Waals surface area contributed by atoms with Gasteiger partial charge in [-0.15, -0.1) is 0 Å². The second-order valence-corrected chi connectivity index (χ2v) is 4.65. The topological polar surface area (TPSA) is 50.9 Å². The molecule has 3 N–H and O–H groups in total. The molecule has 4 heteroatoms. The number of benzene rings is 1. The lowest BCUT2D eigenvalue weighted by Gasteiger charge is -2.17. The van der Waals surface area contributed by atoms with Crippen molar-refractivity contribution in [2.45, 2.75) is 19.4 Å². The van der Waals surface area contributed by atoms with Crippen molar-refractivity contribution in [1.29, 1.82) is 0 Å². The third-order valence-corrected chi connectivity index (χ3v) is 3.26. The Morgan fingerprint density at radius 3 is 2.67 bits per heavy atom. The van der Waals surface area contributed by atoms with Crippen molar-refractivity contribution in [3.8, 4) is 0 Å². The first-order chi connectivity index (χ1) is 8.70. The molecule has 0 aliphatic carbocycles. The summed E-state index contributed by atoms with van der Waals surface area (Å²) in [4.78, 5) is 4.08. The highest BCUT2D eigenvalue weighted by molar-refractivity contribution is 6.29. The highest BCUT2D eigenvalue weighted by Crippen LogP contribution is 2.20. The van der Waals surface area contributed by atoms with Gasteiger partial charge in [0.1, 0.15) is 5.15 Å². The van der Waals surface area contributed by atoms with Gasteiger partial charge in [-0.2, -0.15) is 0 Å². The van der Waals surface area contributed by atoms with Crippen molar-refractivity contribution in [3.05, 3.63) is 64.4 Å². The maximum absolute atomic E-state index is 5.78. The lowest BCUT2D eigenvalue weighted by Crippen LogP contribution is -2.29. The van der Waals surface area contributed by atoms with Crippen molar-refractivity contribution >= 4 is 11.6 Å². The first-order valence-corrected chi connectivity index (χ1v) is 6.20. The predicted molar refractivity (Wildman–Crippen MR) is 74.2 cm³/mol. The molecule has 0 spiro atoms. The molecule has 0 radical (unpaired) electrons. The van der Waals surface area contributed by atoms with E-state index in [1.165, 1.54) is 11.1 Å². The lowest BCUT2D eigenvalue weighted by atomic mass is 9.97. The fourth-order valence-electron chi connectivity index (χ4n) is 1.93. The maximum Gasteiger partial charge on any atom is 0.129 e. The van der Waals surface area contributed by atoms with Gasteiger partial charge in [-0.05, 0) is 36.1 Å². The van der Waals surface area contributed by atoms with Crippen molar-refractivity contribution in [1.82, 2.24) is 10.4 Å². The Balaban J connectivity index is 2.20. The summed E-state index contributed by atoms with van der Waals surface area (Å²) < 4.78 is 0. The van der Waals surface area contributed by atoms with Crippen molar-refractivity contribution in [2.75, 3.05) is 0 Å². The number of hydrogen-bond acceptors (Lipinski definition) is 3. The highest BCUT2D eigenvalue weighted by atomic mass is 35.5.